The highest BCUT2D eigenvalue weighted by molar-refractivity contribution is 5.94. The molecule has 0 saturated carbocycles. The van der Waals surface area contributed by atoms with Crippen LogP contribution in [0.3, 0.4) is 0 Å². The number of rotatable bonds is 3. The van der Waals surface area contributed by atoms with Crippen LogP contribution in [-0.4, -0.2) is 30.3 Å². The smallest absolute Gasteiger partial charge is 0.358 e. The molecular formula is C13H14N2O3. The van der Waals surface area contributed by atoms with Crippen LogP contribution in [0.15, 0.2) is 28.8 Å². The number of hydrogen-bond donors (Lipinski definition) is 1. The van der Waals surface area contributed by atoms with E-state index in [9.17, 15) is 4.79 Å². The van der Waals surface area contributed by atoms with Gasteiger partial charge in [-0.2, -0.15) is 0 Å². The number of carboxylic acids is 1. The molecule has 0 aliphatic carbocycles. The molecule has 2 rings (SSSR count). The number of carbonyl (C=O) groups is 1. The van der Waals surface area contributed by atoms with E-state index < -0.39 is 5.97 Å². The monoisotopic (exact) mass is 246 g/mol. The number of aromatic nitrogens is 1. The lowest BCUT2D eigenvalue weighted by Crippen LogP contribution is -2.08. The summed E-state index contributed by atoms with van der Waals surface area (Å²) in [7, 11) is 3.89. The van der Waals surface area contributed by atoms with Crippen molar-refractivity contribution in [2.75, 3.05) is 19.0 Å². The van der Waals surface area contributed by atoms with E-state index >= 15 is 0 Å². The highest BCUT2D eigenvalue weighted by Crippen LogP contribution is 2.28. The fourth-order valence-electron chi connectivity index (χ4n) is 1.78. The Labute approximate surface area is 105 Å². The van der Waals surface area contributed by atoms with Gasteiger partial charge in [-0.05, 0) is 24.6 Å². The average Bonchev–Trinajstić information content (AvgIpc) is 2.71. The lowest BCUT2D eigenvalue weighted by atomic mass is 10.0. The molecule has 18 heavy (non-hydrogen) atoms. The van der Waals surface area contributed by atoms with E-state index in [-0.39, 0.29) is 5.69 Å². The highest BCUT2D eigenvalue weighted by Gasteiger charge is 2.20. The van der Waals surface area contributed by atoms with Crippen molar-refractivity contribution < 1.29 is 14.4 Å². The summed E-state index contributed by atoms with van der Waals surface area (Å²) < 4.78 is 4.95. The maximum atomic E-state index is 11.1. The molecule has 0 amide bonds. The molecule has 1 aromatic carbocycles. The largest absolute Gasteiger partial charge is 0.476 e. The van der Waals surface area contributed by atoms with E-state index in [2.05, 4.69) is 5.16 Å². The third-order valence-corrected chi connectivity index (χ3v) is 2.74. The Morgan fingerprint density at radius 1 is 1.28 bits per heavy atom. The second-order valence-electron chi connectivity index (χ2n) is 4.21. The van der Waals surface area contributed by atoms with E-state index in [1.54, 1.807) is 6.92 Å². The molecular weight excluding hydrogens is 232 g/mol. The minimum absolute atomic E-state index is 0.0508. The predicted molar refractivity (Wildman–Crippen MR) is 68.0 cm³/mol. The molecule has 0 atom stereocenters. The van der Waals surface area contributed by atoms with E-state index in [1.165, 1.54) is 0 Å². The Morgan fingerprint density at radius 3 is 2.39 bits per heavy atom. The zero-order valence-corrected chi connectivity index (χ0v) is 10.5. The SMILES string of the molecule is Cc1onc(C(=O)O)c1-c1ccc(N(C)C)cc1. The molecule has 5 nitrogen and oxygen atoms in total. The Bertz CT molecular complexity index is 570. The van der Waals surface area contributed by atoms with Crippen molar-refractivity contribution in [2.45, 2.75) is 6.92 Å². The van der Waals surface area contributed by atoms with E-state index in [4.69, 9.17) is 9.63 Å². The molecule has 1 N–H and O–H groups in total. The Balaban J connectivity index is 2.48. The van der Waals surface area contributed by atoms with Gasteiger partial charge in [-0.3, -0.25) is 0 Å². The van der Waals surface area contributed by atoms with Crippen LogP contribution in [0.2, 0.25) is 0 Å². The topological polar surface area (TPSA) is 66.6 Å². The molecule has 0 aliphatic rings. The van der Waals surface area contributed by atoms with Crippen molar-refractivity contribution in [3.8, 4) is 11.1 Å². The molecule has 1 heterocycles. The van der Waals surface area contributed by atoms with Gasteiger partial charge in [0.1, 0.15) is 5.76 Å². The number of hydrogen-bond acceptors (Lipinski definition) is 4. The molecule has 0 fully saturated rings. The summed E-state index contributed by atoms with van der Waals surface area (Å²) in [5.41, 5.74) is 2.32. The summed E-state index contributed by atoms with van der Waals surface area (Å²) >= 11 is 0. The molecule has 0 aliphatic heterocycles. The third-order valence-electron chi connectivity index (χ3n) is 2.74. The normalized spacial score (nSPS) is 10.4. The Hall–Kier alpha value is -2.30. The maximum Gasteiger partial charge on any atom is 0.358 e. The Kier molecular flexibility index (Phi) is 3.06. The molecule has 0 radical (unpaired) electrons. The molecule has 5 heteroatoms. The van der Waals surface area contributed by atoms with Crippen molar-refractivity contribution in [2.24, 2.45) is 0 Å². The van der Waals surface area contributed by atoms with Crippen molar-refractivity contribution in [1.82, 2.24) is 5.16 Å². The fourth-order valence-corrected chi connectivity index (χ4v) is 1.78. The van der Waals surface area contributed by atoms with Gasteiger partial charge in [0.25, 0.3) is 0 Å². The number of aromatic carboxylic acids is 1. The average molecular weight is 246 g/mol. The van der Waals surface area contributed by atoms with Crippen LogP contribution >= 0.6 is 0 Å². The maximum absolute atomic E-state index is 11.1. The summed E-state index contributed by atoms with van der Waals surface area (Å²) in [6, 6.07) is 7.57. The molecule has 2 aromatic rings. The summed E-state index contributed by atoms with van der Waals surface area (Å²) in [6.45, 7) is 1.70. The third kappa shape index (κ3) is 2.07. The summed E-state index contributed by atoms with van der Waals surface area (Å²) in [6.07, 6.45) is 0. The number of benzene rings is 1. The van der Waals surface area contributed by atoms with Gasteiger partial charge in [0.2, 0.25) is 0 Å². The zero-order chi connectivity index (χ0) is 13.3. The van der Waals surface area contributed by atoms with E-state index in [0.29, 0.717) is 11.3 Å². The number of carboxylic acid groups (broad SMARTS) is 1. The van der Waals surface area contributed by atoms with Gasteiger partial charge >= 0.3 is 5.97 Å². The van der Waals surface area contributed by atoms with Crippen LogP contribution in [0, 0.1) is 6.92 Å². The summed E-state index contributed by atoms with van der Waals surface area (Å²) in [4.78, 5) is 13.0. The van der Waals surface area contributed by atoms with Gasteiger partial charge in [0, 0.05) is 19.8 Å². The highest BCUT2D eigenvalue weighted by atomic mass is 16.5. The van der Waals surface area contributed by atoms with Crippen LogP contribution in [0.25, 0.3) is 11.1 Å². The van der Waals surface area contributed by atoms with Crippen molar-refractivity contribution in [3.05, 3.63) is 35.7 Å². The Morgan fingerprint density at radius 2 is 1.89 bits per heavy atom. The van der Waals surface area contributed by atoms with Crippen LogP contribution in [0.1, 0.15) is 16.2 Å². The second-order valence-corrected chi connectivity index (χ2v) is 4.21. The number of nitrogens with zero attached hydrogens (tertiary/aromatic N) is 2. The van der Waals surface area contributed by atoms with E-state index in [0.717, 1.165) is 11.3 Å². The first-order valence-electron chi connectivity index (χ1n) is 5.48. The second kappa shape index (κ2) is 4.52. The first-order chi connectivity index (χ1) is 8.50. The van der Waals surface area contributed by atoms with Gasteiger partial charge in [-0.25, -0.2) is 4.79 Å². The van der Waals surface area contributed by atoms with Crippen molar-refractivity contribution in [1.29, 1.82) is 0 Å². The van der Waals surface area contributed by atoms with Crippen LogP contribution < -0.4 is 4.90 Å². The fraction of sp³-hybridized carbons (Fsp3) is 0.231. The van der Waals surface area contributed by atoms with Crippen LogP contribution in [-0.2, 0) is 0 Å². The predicted octanol–water partition coefficient (Wildman–Crippen LogP) is 2.41. The minimum atomic E-state index is -1.08. The first kappa shape index (κ1) is 12.2. The zero-order valence-electron chi connectivity index (χ0n) is 10.5. The standard InChI is InChI=1S/C13H14N2O3/c1-8-11(12(13(16)17)14-18-8)9-4-6-10(7-5-9)15(2)3/h4-7H,1-3H3,(H,16,17). The first-order valence-corrected chi connectivity index (χ1v) is 5.48. The minimum Gasteiger partial charge on any atom is -0.476 e. The van der Waals surface area contributed by atoms with Gasteiger partial charge in [0.05, 0.1) is 5.56 Å². The molecule has 0 bridgehead atoms. The van der Waals surface area contributed by atoms with Crippen molar-refractivity contribution in [3.63, 3.8) is 0 Å². The summed E-state index contributed by atoms with van der Waals surface area (Å²) in [5.74, 6) is -0.580. The molecule has 0 saturated heterocycles. The summed E-state index contributed by atoms with van der Waals surface area (Å²) in [5, 5.41) is 12.6. The molecule has 1 aromatic heterocycles. The van der Waals surface area contributed by atoms with Gasteiger partial charge in [-0.1, -0.05) is 17.3 Å². The molecule has 0 unspecified atom stereocenters. The van der Waals surface area contributed by atoms with Crippen molar-refractivity contribution >= 4 is 11.7 Å². The lowest BCUT2D eigenvalue weighted by molar-refractivity contribution is 0.0686. The lowest BCUT2D eigenvalue weighted by Gasteiger charge is -2.12. The van der Waals surface area contributed by atoms with Crippen LogP contribution in [0.4, 0.5) is 5.69 Å². The van der Waals surface area contributed by atoms with Gasteiger partial charge in [0.15, 0.2) is 5.69 Å². The molecule has 94 valence electrons. The number of anilines is 1. The molecule has 0 spiro atoms. The van der Waals surface area contributed by atoms with Gasteiger partial charge < -0.3 is 14.5 Å². The van der Waals surface area contributed by atoms with E-state index in [1.807, 2.05) is 43.3 Å². The number of aryl methyl sites for hydroxylation is 1. The quantitative estimate of drug-likeness (QED) is 0.900. The van der Waals surface area contributed by atoms with Crippen LogP contribution in [0.5, 0.6) is 0 Å². The van der Waals surface area contributed by atoms with Gasteiger partial charge in [-0.15, -0.1) is 0 Å².